The van der Waals surface area contributed by atoms with Gasteiger partial charge in [0, 0.05) is 12.5 Å². The third kappa shape index (κ3) is 3.50. The number of rotatable bonds is 2. The van der Waals surface area contributed by atoms with Gasteiger partial charge in [0.25, 0.3) is 0 Å². The van der Waals surface area contributed by atoms with Gasteiger partial charge in [-0.15, -0.1) is 0 Å². The summed E-state index contributed by atoms with van der Waals surface area (Å²) < 4.78 is 13.1. The van der Waals surface area contributed by atoms with Gasteiger partial charge in [-0.05, 0) is 40.7 Å². The van der Waals surface area contributed by atoms with E-state index >= 15 is 0 Å². The van der Waals surface area contributed by atoms with Crippen LogP contribution >= 0.6 is 0 Å². The third-order valence-electron chi connectivity index (χ3n) is 4.88. The van der Waals surface area contributed by atoms with Crippen molar-refractivity contribution in [2.24, 2.45) is 0 Å². The van der Waals surface area contributed by atoms with E-state index in [1.54, 1.807) is 12.1 Å². The standard InChI is InChI=1S/C21H24FNO/c1-21(2,3)17-8-4-14(5-9-17)16-12-19(20(24)23-13-16)15-6-10-18(22)11-7-15/h4-11,16,19H,12-13H2,1-3H3,(H,23,24). The third-order valence-corrected chi connectivity index (χ3v) is 4.88. The predicted octanol–water partition coefficient (Wildman–Crippen LogP) is 4.51. The number of amides is 1. The number of piperidine rings is 1. The lowest BCUT2D eigenvalue weighted by atomic mass is 9.80. The molecule has 2 aromatic carbocycles. The first-order valence-corrected chi connectivity index (χ1v) is 8.48. The molecular weight excluding hydrogens is 301 g/mol. The second kappa shape index (κ2) is 6.39. The molecule has 1 heterocycles. The zero-order chi connectivity index (χ0) is 17.3. The van der Waals surface area contributed by atoms with Crippen LogP contribution in [0, 0.1) is 5.82 Å². The second-order valence-electron chi connectivity index (χ2n) is 7.65. The molecular formula is C21H24FNO. The van der Waals surface area contributed by atoms with Crippen molar-refractivity contribution in [3.8, 4) is 0 Å². The Kier molecular flexibility index (Phi) is 4.44. The number of carbonyl (C=O) groups is 1. The number of carbonyl (C=O) groups excluding carboxylic acids is 1. The molecule has 0 saturated carbocycles. The van der Waals surface area contributed by atoms with E-state index in [0.717, 1.165) is 12.0 Å². The van der Waals surface area contributed by atoms with Crippen molar-refractivity contribution in [3.63, 3.8) is 0 Å². The summed E-state index contributed by atoms with van der Waals surface area (Å²) in [5.74, 6) is -0.174. The first-order valence-electron chi connectivity index (χ1n) is 8.48. The molecule has 1 aliphatic rings. The molecule has 0 radical (unpaired) electrons. The lowest BCUT2D eigenvalue weighted by Crippen LogP contribution is -2.39. The van der Waals surface area contributed by atoms with Crippen molar-refractivity contribution in [3.05, 3.63) is 71.0 Å². The molecule has 1 aliphatic heterocycles. The van der Waals surface area contributed by atoms with Crippen LogP contribution in [0.15, 0.2) is 48.5 Å². The highest BCUT2D eigenvalue weighted by Crippen LogP contribution is 2.34. The fourth-order valence-corrected chi connectivity index (χ4v) is 3.31. The van der Waals surface area contributed by atoms with Crippen LogP contribution in [0.2, 0.25) is 0 Å². The van der Waals surface area contributed by atoms with Gasteiger partial charge >= 0.3 is 0 Å². The van der Waals surface area contributed by atoms with E-state index in [1.165, 1.54) is 23.3 Å². The molecule has 24 heavy (non-hydrogen) atoms. The van der Waals surface area contributed by atoms with Crippen LogP contribution in [-0.4, -0.2) is 12.5 Å². The molecule has 126 valence electrons. The van der Waals surface area contributed by atoms with E-state index in [9.17, 15) is 9.18 Å². The van der Waals surface area contributed by atoms with Crippen molar-refractivity contribution in [1.29, 1.82) is 0 Å². The number of nitrogens with one attached hydrogen (secondary N) is 1. The monoisotopic (exact) mass is 325 g/mol. The van der Waals surface area contributed by atoms with Crippen LogP contribution < -0.4 is 5.32 Å². The van der Waals surface area contributed by atoms with Gasteiger partial charge in [-0.25, -0.2) is 4.39 Å². The van der Waals surface area contributed by atoms with Gasteiger partial charge in [-0.2, -0.15) is 0 Å². The lowest BCUT2D eigenvalue weighted by molar-refractivity contribution is -0.124. The number of hydrogen-bond donors (Lipinski definition) is 1. The van der Waals surface area contributed by atoms with Crippen molar-refractivity contribution in [2.45, 2.75) is 44.4 Å². The fraction of sp³-hybridized carbons (Fsp3) is 0.381. The van der Waals surface area contributed by atoms with E-state index in [-0.39, 0.29) is 29.0 Å². The topological polar surface area (TPSA) is 29.1 Å². The summed E-state index contributed by atoms with van der Waals surface area (Å²) >= 11 is 0. The molecule has 0 spiro atoms. The molecule has 1 saturated heterocycles. The molecule has 1 fully saturated rings. The quantitative estimate of drug-likeness (QED) is 0.865. The van der Waals surface area contributed by atoms with Gasteiger partial charge in [0.1, 0.15) is 5.82 Å². The zero-order valence-corrected chi connectivity index (χ0v) is 14.5. The maximum absolute atomic E-state index is 13.1. The Labute approximate surface area is 143 Å². The van der Waals surface area contributed by atoms with Crippen molar-refractivity contribution in [1.82, 2.24) is 5.32 Å². The zero-order valence-electron chi connectivity index (χ0n) is 14.5. The Bertz CT molecular complexity index is 713. The van der Waals surface area contributed by atoms with Crippen LogP contribution in [-0.2, 0) is 10.2 Å². The molecule has 3 rings (SSSR count). The molecule has 3 heteroatoms. The molecule has 0 aliphatic carbocycles. The summed E-state index contributed by atoms with van der Waals surface area (Å²) in [7, 11) is 0. The van der Waals surface area contributed by atoms with Gasteiger partial charge in [-0.3, -0.25) is 4.79 Å². The van der Waals surface area contributed by atoms with E-state index < -0.39 is 0 Å². The van der Waals surface area contributed by atoms with Crippen molar-refractivity contribution >= 4 is 5.91 Å². The largest absolute Gasteiger partial charge is 0.355 e. The minimum atomic E-state index is -0.274. The second-order valence-corrected chi connectivity index (χ2v) is 7.65. The van der Waals surface area contributed by atoms with Crippen LogP contribution in [0.1, 0.15) is 55.7 Å². The van der Waals surface area contributed by atoms with Gasteiger partial charge in [0.2, 0.25) is 5.91 Å². The highest BCUT2D eigenvalue weighted by molar-refractivity contribution is 5.84. The molecule has 0 aromatic heterocycles. The van der Waals surface area contributed by atoms with Crippen LogP contribution in [0.5, 0.6) is 0 Å². The highest BCUT2D eigenvalue weighted by atomic mass is 19.1. The molecule has 1 amide bonds. The molecule has 2 aromatic rings. The summed E-state index contributed by atoms with van der Waals surface area (Å²) in [6.45, 7) is 7.26. The Morgan fingerprint density at radius 2 is 1.54 bits per heavy atom. The first-order chi connectivity index (χ1) is 11.3. The summed E-state index contributed by atoms with van der Waals surface area (Å²) in [5.41, 5.74) is 3.57. The Hall–Kier alpha value is -2.16. The lowest BCUT2D eigenvalue weighted by Gasteiger charge is -2.30. The maximum atomic E-state index is 13.1. The fourth-order valence-electron chi connectivity index (χ4n) is 3.31. The number of hydrogen-bond acceptors (Lipinski definition) is 1. The van der Waals surface area contributed by atoms with Gasteiger partial charge in [0.15, 0.2) is 0 Å². The molecule has 1 N–H and O–H groups in total. The van der Waals surface area contributed by atoms with Crippen molar-refractivity contribution in [2.75, 3.05) is 6.54 Å². The minimum absolute atomic E-state index is 0.0316. The first kappa shape index (κ1) is 16.7. The Morgan fingerprint density at radius 1 is 0.958 bits per heavy atom. The van der Waals surface area contributed by atoms with Gasteiger partial charge in [0.05, 0.1) is 5.92 Å². The maximum Gasteiger partial charge on any atom is 0.227 e. The van der Waals surface area contributed by atoms with E-state index in [2.05, 4.69) is 50.4 Å². The normalized spacial score (nSPS) is 21.4. The number of benzene rings is 2. The molecule has 2 nitrogen and oxygen atoms in total. The molecule has 0 bridgehead atoms. The average molecular weight is 325 g/mol. The van der Waals surface area contributed by atoms with E-state index in [1.807, 2.05) is 0 Å². The molecule has 2 atom stereocenters. The number of halogens is 1. The van der Waals surface area contributed by atoms with Gasteiger partial charge < -0.3 is 5.32 Å². The van der Waals surface area contributed by atoms with E-state index in [0.29, 0.717) is 6.54 Å². The van der Waals surface area contributed by atoms with E-state index in [4.69, 9.17) is 0 Å². The summed E-state index contributed by atoms with van der Waals surface area (Å²) in [6.07, 6.45) is 0.756. The smallest absolute Gasteiger partial charge is 0.227 e. The van der Waals surface area contributed by atoms with Crippen LogP contribution in [0.25, 0.3) is 0 Å². The molecule has 2 unspecified atom stereocenters. The summed E-state index contributed by atoms with van der Waals surface area (Å²) in [4.78, 5) is 12.2. The van der Waals surface area contributed by atoms with Crippen molar-refractivity contribution < 1.29 is 9.18 Å². The summed E-state index contributed by atoms with van der Waals surface area (Å²) in [6, 6.07) is 15.0. The summed E-state index contributed by atoms with van der Waals surface area (Å²) in [5, 5.41) is 3.01. The Balaban J connectivity index is 1.80. The minimum Gasteiger partial charge on any atom is -0.355 e. The Morgan fingerprint density at radius 3 is 2.12 bits per heavy atom. The highest BCUT2D eigenvalue weighted by Gasteiger charge is 2.30. The average Bonchev–Trinajstić information content (AvgIpc) is 2.56. The van der Waals surface area contributed by atoms with Crippen LogP contribution in [0.4, 0.5) is 4.39 Å². The predicted molar refractivity (Wildman–Crippen MR) is 94.7 cm³/mol. The SMILES string of the molecule is CC(C)(C)c1ccc(C2CNC(=O)C(c3ccc(F)cc3)C2)cc1. The van der Waals surface area contributed by atoms with Gasteiger partial charge in [-0.1, -0.05) is 57.2 Å². The van der Waals surface area contributed by atoms with Crippen LogP contribution in [0.3, 0.4) is 0 Å².